The van der Waals surface area contributed by atoms with Crippen LogP contribution in [0.4, 0.5) is 0 Å². The van der Waals surface area contributed by atoms with Gasteiger partial charge in [-0.3, -0.25) is 4.99 Å². The molecular formula is C22H28N2O2. The molecule has 0 saturated carbocycles. The average molecular weight is 352 g/mol. The van der Waals surface area contributed by atoms with Gasteiger partial charge in [0.1, 0.15) is 0 Å². The highest BCUT2D eigenvalue weighted by molar-refractivity contribution is 6.09. The Hall–Kier alpha value is -2.62. The van der Waals surface area contributed by atoms with Crippen LogP contribution in [0.2, 0.25) is 0 Å². The molecule has 1 saturated heterocycles. The lowest BCUT2D eigenvalue weighted by atomic mass is 10.1. The smallest absolute Gasteiger partial charge is 0.337 e. The molecule has 0 N–H and O–H groups in total. The van der Waals surface area contributed by atoms with Crippen molar-refractivity contribution in [2.75, 3.05) is 20.2 Å². The normalized spacial score (nSPS) is 16.4. The van der Waals surface area contributed by atoms with E-state index in [-0.39, 0.29) is 5.97 Å². The van der Waals surface area contributed by atoms with Crippen molar-refractivity contribution in [2.24, 2.45) is 4.99 Å². The largest absolute Gasteiger partial charge is 0.465 e. The van der Waals surface area contributed by atoms with Gasteiger partial charge in [0.05, 0.1) is 30.3 Å². The van der Waals surface area contributed by atoms with Crippen LogP contribution in [0, 0.1) is 0 Å². The minimum absolute atomic E-state index is 0.363. The van der Waals surface area contributed by atoms with Gasteiger partial charge in [-0.15, -0.1) is 0 Å². The van der Waals surface area contributed by atoms with Crippen molar-refractivity contribution in [1.82, 2.24) is 4.90 Å². The van der Waals surface area contributed by atoms with E-state index in [0.717, 1.165) is 24.4 Å². The first-order valence-electron chi connectivity index (χ1n) is 9.16. The zero-order chi connectivity index (χ0) is 18.8. The Labute approximate surface area is 156 Å². The number of likely N-dealkylation sites (tertiary alicyclic amines) is 1. The lowest BCUT2D eigenvalue weighted by Gasteiger charge is -2.27. The molecule has 0 aromatic heterocycles. The van der Waals surface area contributed by atoms with Gasteiger partial charge in [0.25, 0.3) is 0 Å². The number of carbonyl (C=O) groups excluding carboxylic acids is 1. The van der Waals surface area contributed by atoms with E-state index in [4.69, 9.17) is 4.74 Å². The summed E-state index contributed by atoms with van der Waals surface area (Å²) < 4.78 is 4.79. The Bertz CT molecular complexity index is 696. The average Bonchev–Trinajstić information content (AvgIpc) is 2.65. The molecule has 0 spiro atoms. The second kappa shape index (κ2) is 10.4. The first-order valence-corrected chi connectivity index (χ1v) is 9.16. The molecule has 0 bridgehead atoms. The van der Waals surface area contributed by atoms with Crippen LogP contribution in [0.15, 0.2) is 66.5 Å². The third kappa shape index (κ3) is 5.45. The van der Waals surface area contributed by atoms with E-state index >= 15 is 0 Å². The molecule has 0 aliphatic carbocycles. The molecule has 1 aliphatic rings. The Kier molecular flexibility index (Phi) is 7.87. The van der Waals surface area contributed by atoms with Crippen LogP contribution < -0.4 is 0 Å². The van der Waals surface area contributed by atoms with Crippen LogP contribution in [0.3, 0.4) is 0 Å². The summed E-state index contributed by atoms with van der Waals surface area (Å²) in [5, 5.41) is 0. The van der Waals surface area contributed by atoms with Crippen molar-refractivity contribution in [1.29, 1.82) is 0 Å². The summed E-state index contributed by atoms with van der Waals surface area (Å²) in [6, 6.07) is 7.21. The highest BCUT2D eigenvalue weighted by Gasteiger charge is 2.10. The Balaban J connectivity index is 2.25. The predicted molar refractivity (Wildman–Crippen MR) is 107 cm³/mol. The zero-order valence-electron chi connectivity index (χ0n) is 15.6. The molecule has 2 rings (SSSR count). The Morgan fingerprint density at radius 1 is 1.08 bits per heavy atom. The van der Waals surface area contributed by atoms with Gasteiger partial charge in [-0.2, -0.15) is 0 Å². The molecule has 1 heterocycles. The van der Waals surface area contributed by atoms with E-state index in [2.05, 4.69) is 23.1 Å². The number of hydrogen-bond acceptors (Lipinski definition) is 4. The molecule has 1 aromatic rings. The van der Waals surface area contributed by atoms with Crippen molar-refractivity contribution in [2.45, 2.75) is 32.1 Å². The van der Waals surface area contributed by atoms with E-state index in [9.17, 15) is 4.79 Å². The predicted octanol–water partition coefficient (Wildman–Crippen LogP) is 4.74. The minimum atomic E-state index is -0.363. The number of methoxy groups -OCH3 is 1. The summed E-state index contributed by atoms with van der Waals surface area (Å²) in [5.74, 6) is -0.363. The highest BCUT2D eigenvalue weighted by Crippen LogP contribution is 2.16. The fraction of sp³-hybridized carbons (Fsp3) is 0.364. The van der Waals surface area contributed by atoms with Crippen LogP contribution in [-0.2, 0) is 4.74 Å². The van der Waals surface area contributed by atoms with Gasteiger partial charge >= 0.3 is 5.97 Å². The molecule has 0 unspecified atom stereocenters. The van der Waals surface area contributed by atoms with Gasteiger partial charge in [0.15, 0.2) is 0 Å². The van der Waals surface area contributed by atoms with Gasteiger partial charge in [-0.25, -0.2) is 4.79 Å². The van der Waals surface area contributed by atoms with Crippen molar-refractivity contribution >= 4 is 11.7 Å². The number of nitrogens with zero attached hydrogens (tertiary/aromatic N) is 2. The molecule has 1 fully saturated rings. The molecule has 138 valence electrons. The SMILES string of the molecule is C=CC(=N/C=C(\C=C)N1CCCCCCC1)c1cccc(C(=O)OC)c1. The summed E-state index contributed by atoms with van der Waals surface area (Å²) in [7, 11) is 1.38. The molecule has 1 aliphatic heterocycles. The second-order valence-corrected chi connectivity index (χ2v) is 6.30. The highest BCUT2D eigenvalue weighted by atomic mass is 16.5. The number of benzene rings is 1. The summed E-state index contributed by atoms with van der Waals surface area (Å²) in [4.78, 5) is 18.7. The monoisotopic (exact) mass is 352 g/mol. The first kappa shape index (κ1) is 19.7. The summed E-state index contributed by atoms with van der Waals surface area (Å²) in [5.41, 5.74) is 3.06. The molecule has 0 radical (unpaired) electrons. The molecule has 0 atom stereocenters. The van der Waals surface area contributed by atoms with Crippen molar-refractivity contribution in [3.05, 3.63) is 72.6 Å². The first-order chi connectivity index (χ1) is 12.7. The number of aliphatic imine (C=N–C) groups is 1. The maximum atomic E-state index is 11.7. The fourth-order valence-corrected chi connectivity index (χ4v) is 3.07. The quantitative estimate of drug-likeness (QED) is 0.422. The molecule has 26 heavy (non-hydrogen) atoms. The van der Waals surface area contributed by atoms with Crippen LogP contribution in [0.1, 0.15) is 48.0 Å². The summed E-state index contributed by atoms with van der Waals surface area (Å²) >= 11 is 0. The van der Waals surface area contributed by atoms with E-state index in [1.165, 1.54) is 39.2 Å². The zero-order valence-corrected chi connectivity index (χ0v) is 15.6. The van der Waals surface area contributed by atoms with Crippen molar-refractivity contribution in [3.8, 4) is 0 Å². The van der Waals surface area contributed by atoms with Crippen molar-refractivity contribution in [3.63, 3.8) is 0 Å². The topological polar surface area (TPSA) is 41.9 Å². The van der Waals surface area contributed by atoms with E-state index in [1.54, 1.807) is 18.2 Å². The maximum Gasteiger partial charge on any atom is 0.337 e. The van der Waals surface area contributed by atoms with E-state index < -0.39 is 0 Å². The Morgan fingerprint density at radius 2 is 1.73 bits per heavy atom. The van der Waals surface area contributed by atoms with Gasteiger partial charge in [-0.1, -0.05) is 44.6 Å². The molecule has 0 amide bonds. The number of hydrogen-bond donors (Lipinski definition) is 0. The molecule has 4 nitrogen and oxygen atoms in total. The number of rotatable bonds is 6. The van der Waals surface area contributed by atoms with Crippen LogP contribution in [0.25, 0.3) is 0 Å². The summed E-state index contributed by atoms with van der Waals surface area (Å²) in [6.07, 6.45) is 11.7. The number of ether oxygens (including phenoxy) is 1. The molecule has 4 heteroatoms. The Morgan fingerprint density at radius 3 is 2.35 bits per heavy atom. The van der Waals surface area contributed by atoms with Crippen LogP contribution in [-0.4, -0.2) is 36.8 Å². The van der Waals surface area contributed by atoms with Gasteiger partial charge in [0, 0.05) is 18.7 Å². The number of carbonyl (C=O) groups is 1. The van der Waals surface area contributed by atoms with Gasteiger partial charge < -0.3 is 9.64 Å². The standard InChI is InChI=1S/C22H28N2O2/c1-4-20(24-14-9-7-6-8-10-15-24)17-23-21(5-2)18-12-11-13-19(16-18)22(25)26-3/h4-5,11-13,16-17H,1-2,6-10,14-15H2,3H3/b20-17+,23-21?. The minimum Gasteiger partial charge on any atom is -0.465 e. The summed E-state index contributed by atoms with van der Waals surface area (Å²) in [6.45, 7) is 9.88. The van der Waals surface area contributed by atoms with Crippen LogP contribution >= 0.6 is 0 Å². The molecule has 1 aromatic carbocycles. The number of esters is 1. The van der Waals surface area contributed by atoms with Gasteiger partial charge in [-0.05, 0) is 37.1 Å². The van der Waals surface area contributed by atoms with Crippen LogP contribution in [0.5, 0.6) is 0 Å². The number of allylic oxidation sites excluding steroid dienone is 2. The lowest BCUT2D eigenvalue weighted by Crippen LogP contribution is -2.26. The third-order valence-corrected chi connectivity index (χ3v) is 4.54. The lowest BCUT2D eigenvalue weighted by molar-refractivity contribution is 0.0600. The van der Waals surface area contributed by atoms with E-state index in [1.807, 2.05) is 24.4 Å². The molecular weight excluding hydrogens is 324 g/mol. The second-order valence-electron chi connectivity index (χ2n) is 6.30. The third-order valence-electron chi connectivity index (χ3n) is 4.54. The maximum absolute atomic E-state index is 11.7. The van der Waals surface area contributed by atoms with Crippen molar-refractivity contribution < 1.29 is 9.53 Å². The van der Waals surface area contributed by atoms with Gasteiger partial charge in [0.2, 0.25) is 0 Å². The van der Waals surface area contributed by atoms with E-state index in [0.29, 0.717) is 11.3 Å². The fourth-order valence-electron chi connectivity index (χ4n) is 3.07.